The lowest BCUT2D eigenvalue weighted by atomic mass is 10.2. The van der Waals surface area contributed by atoms with E-state index in [9.17, 15) is 9.59 Å². The molecule has 0 aliphatic heterocycles. The Labute approximate surface area is 170 Å². The van der Waals surface area contributed by atoms with Gasteiger partial charge in [0.05, 0.1) is 25.3 Å². The minimum absolute atomic E-state index is 0.152. The van der Waals surface area contributed by atoms with Crippen molar-refractivity contribution in [3.63, 3.8) is 0 Å². The molecule has 0 atom stereocenters. The van der Waals surface area contributed by atoms with Crippen molar-refractivity contribution in [1.29, 1.82) is 0 Å². The molecule has 3 rings (SSSR count). The fraction of sp³-hybridized carbons (Fsp3) is 0.100. The van der Waals surface area contributed by atoms with Crippen LogP contribution in [0.5, 0.6) is 0 Å². The lowest BCUT2D eigenvalue weighted by Crippen LogP contribution is -2.19. The van der Waals surface area contributed by atoms with E-state index in [4.69, 9.17) is 0 Å². The van der Waals surface area contributed by atoms with Crippen molar-refractivity contribution in [2.45, 2.75) is 12.8 Å². The predicted octanol–water partition coefficient (Wildman–Crippen LogP) is 3.20. The Morgan fingerprint density at radius 1 is 0.750 bits per heavy atom. The van der Waals surface area contributed by atoms with Crippen molar-refractivity contribution in [2.75, 3.05) is 0 Å². The SMILES string of the molecule is O=C(Cc1cccs1)N/N=C\c1ccc(/C=N\NC(=O)Cc2cccs2)cc1. The third-order valence-electron chi connectivity index (χ3n) is 3.57. The van der Waals surface area contributed by atoms with E-state index in [0.717, 1.165) is 20.9 Å². The Morgan fingerprint density at radius 2 is 1.18 bits per heavy atom. The van der Waals surface area contributed by atoms with Crippen molar-refractivity contribution in [1.82, 2.24) is 10.9 Å². The van der Waals surface area contributed by atoms with Crippen molar-refractivity contribution in [3.05, 3.63) is 80.2 Å². The summed E-state index contributed by atoms with van der Waals surface area (Å²) in [6.45, 7) is 0. The van der Waals surface area contributed by atoms with Gasteiger partial charge < -0.3 is 0 Å². The first kappa shape index (κ1) is 19.7. The maximum Gasteiger partial charge on any atom is 0.245 e. The number of hydrogen-bond acceptors (Lipinski definition) is 6. The van der Waals surface area contributed by atoms with Crippen LogP contribution in [0, 0.1) is 0 Å². The van der Waals surface area contributed by atoms with Crippen molar-refractivity contribution < 1.29 is 9.59 Å². The summed E-state index contributed by atoms with van der Waals surface area (Å²) in [7, 11) is 0. The Balaban J connectivity index is 1.42. The van der Waals surface area contributed by atoms with Crippen LogP contribution in [0.1, 0.15) is 20.9 Å². The molecule has 2 heterocycles. The Kier molecular flexibility index (Phi) is 7.22. The van der Waals surface area contributed by atoms with Crippen LogP contribution >= 0.6 is 22.7 Å². The van der Waals surface area contributed by atoms with Gasteiger partial charge in [0.1, 0.15) is 0 Å². The molecule has 2 N–H and O–H groups in total. The molecule has 0 spiro atoms. The first-order valence-corrected chi connectivity index (χ1v) is 10.2. The normalized spacial score (nSPS) is 11.1. The third-order valence-corrected chi connectivity index (χ3v) is 5.32. The largest absolute Gasteiger partial charge is 0.273 e. The molecule has 0 saturated carbocycles. The maximum absolute atomic E-state index is 11.8. The Bertz CT molecular complexity index is 868. The minimum atomic E-state index is -0.152. The maximum atomic E-state index is 11.8. The topological polar surface area (TPSA) is 82.9 Å². The summed E-state index contributed by atoms with van der Waals surface area (Å²) < 4.78 is 0. The van der Waals surface area contributed by atoms with Gasteiger partial charge in [0.2, 0.25) is 11.8 Å². The summed E-state index contributed by atoms with van der Waals surface area (Å²) in [5, 5.41) is 11.8. The molecule has 0 aliphatic rings. The van der Waals surface area contributed by atoms with E-state index in [2.05, 4.69) is 21.1 Å². The quantitative estimate of drug-likeness (QED) is 0.442. The molecule has 2 amide bonds. The van der Waals surface area contributed by atoms with Gasteiger partial charge in [-0.3, -0.25) is 9.59 Å². The summed E-state index contributed by atoms with van der Waals surface area (Å²) in [5.41, 5.74) is 6.71. The van der Waals surface area contributed by atoms with Gasteiger partial charge in [0.25, 0.3) is 0 Å². The number of rotatable bonds is 8. The molecule has 0 unspecified atom stereocenters. The van der Waals surface area contributed by atoms with Gasteiger partial charge >= 0.3 is 0 Å². The van der Waals surface area contributed by atoms with E-state index in [1.54, 1.807) is 35.1 Å². The minimum Gasteiger partial charge on any atom is -0.273 e. The monoisotopic (exact) mass is 410 g/mol. The number of carbonyl (C=O) groups excluding carboxylic acids is 2. The summed E-state index contributed by atoms with van der Waals surface area (Å²) >= 11 is 3.08. The average Bonchev–Trinajstić information content (AvgIpc) is 3.37. The molecular formula is C20H18N4O2S2. The second-order valence-corrected chi connectivity index (χ2v) is 7.83. The van der Waals surface area contributed by atoms with Gasteiger partial charge in [-0.25, -0.2) is 10.9 Å². The first-order chi connectivity index (χ1) is 13.7. The molecule has 0 aliphatic carbocycles. The second-order valence-electron chi connectivity index (χ2n) is 5.77. The van der Waals surface area contributed by atoms with Crippen LogP contribution in [0.3, 0.4) is 0 Å². The summed E-state index contributed by atoms with van der Waals surface area (Å²) in [5.74, 6) is -0.304. The highest BCUT2D eigenvalue weighted by atomic mass is 32.1. The zero-order chi connectivity index (χ0) is 19.6. The molecule has 8 heteroatoms. The molecule has 2 aromatic heterocycles. The number of hydrazone groups is 2. The van der Waals surface area contributed by atoms with Crippen LogP contribution in [0.15, 0.2) is 69.5 Å². The smallest absolute Gasteiger partial charge is 0.245 e. The summed E-state index contributed by atoms with van der Waals surface area (Å²) in [4.78, 5) is 25.5. The highest BCUT2D eigenvalue weighted by Crippen LogP contribution is 2.09. The molecule has 0 saturated heterocycles. The summed E-state index contributed by atoms with van der Waals surface area (Å²) in [6, 6.07) is 15.1. The van der Waals surface area contributed by atoms with Crippen LogP contribution in [0.4, 0.5) is 0 Å². The molecular weight excluding hydrogens is 392 g/mol. The van der Waals surface area contributed by atoms with Gasteiger partial charge in [-0.1, -0.05) is 36.4 Å². The number of nitrogens with zero attached hydrogens (tertiary/aromatic N) is 2. The zero-order valence-corrected chi connectivity index (χ0v) is 16.5. The van der Waals surface area contributed by atoms with Gasteiger partial charge in [-0.2, -0.15) is 10.2 Å². The highest BCUT2D eigenvalue weighted by Gasteiger charge is 2.03. The molecule has 0 fully saturated rings. The molecule has 0 radical (unpaired) electrons. The predicted molar refractivity (Wildman–Crippen MR) is 114 cm³/mol. The average molecular weight is 411 g/mol. The standard InChI is InChI=1S/C20H18N4O2S2/c25-19(11-17-3-1-9-27-17)23-21-13-15-5-7-16(8-6-15)14-22-24-20(26)12-18-4-2-10-28-18/h1-10,13-14H,11-12H2,(H,23,25)(H,24,26)/b21-13-,22-14-. The fourth-order valence-corrected chi connectivity index (χ4v) is 3.65. The van der Waals surface area contributed by atoms with E-state index in [1.807, 2.05) is 59.3 Å². The van der Waals surface area contributed by atoms with E-state index in [-0.39, 0.29) is 11.8 Å². The van der Waals surface area contributed by atoms with E-state index >= 15 is 0 Å². The van der Waals surface area contributed by atoms with Gasteiger partial charge in [0, 0.05) is 9.75 Å². The van der Waals surface area contributed by atoms with Gasteiger partial charge in [0.15, 0.2) is 0 Å². The van der Waals surface area contributed by atoms with Gasteiger partial charge in [-0.05, 0) is 34.0 Å². The number of thiophene rings is 2. The van der Waals surface area contributed by atoms with Gasteiger partial charge in [-0.15, -0.1) is 22.7 Å². The lowest BCUT2D eigenvalue weighted by Gasteiger charge is -1.99. The van der Waals surface area contributed by atoms with Crippen molar-refractivity contribution in [2.24, 2.45) is 10.2 Å². The van der Waals surface area contributed by atoms with Crippen LogP contribution in [-0.4, -0.2) is 24.2 Å². The Hall–Kier alpha value is -3.10. The Morgan fingerprint density at radius 3 is 1.54 bits per heavy atom. The summed E-state index contributed by atoms with van der Waals surface area (Å²) in [6.07, 6.45) is 3.80. The lowest BCUT2D eigenvalue weighted by molar-refractivity contribution is -0.121. The third kappa shape index (κ3) is 6.57. The van der Waals surface area contributed by atoms with Crippen LogP contribution < -0.4 is 10.9 Å². The van der Waals surface area contributed by atoms with E-state index < -0.39 is 0 Å². The highest BCUT2D eigenvalue weighted by molar-refractivity contribution is 7.10. The molecule has 3 aromatic rings. The first-order valence-electron chi connectivity index (χ1n) is 8.48. The number of amides is 2. The molecule has 28 heavy (non-hydrogen) atoms. The van der Waals surface area contributed by atoms with Crippen LogP contribution in [0.25, 0.3) is 0 Å². The number of carbonyl (C=O) groups is 2. The zero-order valence-electron chi connectivity index (χ0n) is 14.9. The second kappa shape index (κ2) is 10.3. The molecule has 6 nitrogen and oxygen atoms in total. The fourth-order valence-electron chi connectivity index (χ4n) is 2.25. The van der Waals surface area contributed by atoms with Crippen molar-refractivity contribution in [3.8, 4) is 0 Å². The molecule has 0 bridgehead atoms. The number of benzene rings is 1. The molecule has 142 valence electrons. The number of nitrogens with one attached hydrogen (secondary N) is 2. The van der Waals surface area contributed by atoms with E-state index in [1.165, 1.54) is 0 Å². The van der Waals surface area contributed by atoms with Crippen LogP contribution in [0.2, 0.25) is 0 Å². The van der Waals surface area contributed by atoms with Crippen LogP contribution in [-0.2, 0) is 22.4 Å². The molecule has 1 aromatic carbocycles. The number of hydrogen-bond donors (Lipinski definition) is 2. The van der Waals surface area contributed by atoms with E-state index in [0.29, 0.717) is 12.8 Å². The van der Waals surface area contributed by atoms with Crippen molar-refractivity contribution >= 4 is 46.9 Å².